The first-order valence-corrected chi connectivity index (χ1v) is 7.94. The van der Waals surface area contributed by atoms with Crippen molar-refractivity contribution in [2.24, 2.45) is 0 Å². The van der Waals surface area contributed by atoms with E-state index in [4.69, 9.17) is 4.74 Å². The average Bonchev–Trinajstić information content (AvgIpc) is 2.61. The van der Waals surface area contributed by atoms with E-state index in [9.17, 15) is 4.79 Å². The highest BCUT2D eigenvalue weighted by atomic mass is 16.5. The van der Waals surface area contributed by atoms with Crippen molar-refractivity contribution in [1.29, 1.82) is 0 Å². The van der Waals surface area contributed by atoms with E-state index in [1.165, 1.54) is 0 Å². The predicted octanol–water partition coefficient (Wildman–Crippen LogP) is 2.61. The molecule has 0 saturated carbocycles. The molecule has 1 atom stereocenters. The molecule has 1 amide bonds. The monoisotopic (exact) mass is 311 g/mol. The van der Waals surface area contributed by atoms with E-state index < -0.39 is 0 Å². The number of amides is 1. The van der Waals surface area contributed by atoms with Crippen LogP contribution in [0.3, 0.4) is 0 Å². The van der Waals surface area contributed by atoms with Crippen LogP contribution in [-0.4, -0.2) is 40.0 Å². The third-order valence-electron chi connectivity index (χ3n) is 4.14. The first-order valence-electron chi connectivity index (χ1n) is 7.94. The van der Waals surface area contributed by atoms with Crippen LogP contribution in [0.25, 0.3) is 0 Å². The second kappa shape index (κ2) is 7.33. The molecule has 1 fully saturated rings. The van der Waals surface area contributed by atoms with Crippen LogP contribution in [0.5, 0.6) is 0 Å². The molecule has 2 aromatic rings. The number of carbonyl (C=O) groups excluding carboxylic acids is 1. The van der Waals surface area contributed by atoms with E-state index in [0.717, 1.165) is 30.5 Å². The maximum atomic E-state index is 12.7. The Morgan fingerprint density at radius 1 is 1.30 bits per heavy atom. The molecule has 1 aliphatic heterocycles. The van der Waals surface area contributed by atoms with E-state index in [1.54, 1.807) is 18.6 Å². The number of rotatable bonds is 4. The molecule has 0 aliphatic carbocycles. The zero-order chi connectivity index (χ0) is 16.1. The van der Waals surface area contributed by atoms with Crippen LogP contribution in [0.15, 0.2) is 43.0 Å². The fraction of sp³-hybridized carbons (Fsp3) is 0.389. The highest BCUT2D eigenvalue weighted by molar-refractivity contribution is 5.95. The second-order valence-corrected chi connectivity index (χ2v) is 5.88. The van der Waals surface area contributed by atoms with Gasteiger partial charge in [0.15, 0.2) is 0 Å². The summed E-state index contributed by atoms with van der Waals surface area (Å²) in [6.45, 7) is 3.88. The zero-order valence-corrected chi connectivity index (χ0v) is 13.3. The molecule has 23 heavy (non-hydrogen) atoms. The Kier molecular flexibility index (Phi) is 4.98. The molecule has 120 valence electrons. The Bertz CT molecular complexity index is 660. The van der Waals surface area contributed by atoms with Crippen LogP contribution >= 0.6 is 0 Å². The molecule has 1 unspecified atom stereocenters. The Morgan fingerprint density at radius 2 is 2.17 bits per heavy atom. The van der Waals surface area contributed by atoms with Crippen molar-refractivity contribution in [2.75, 3.05) is 13.1 Å². The molecule has 0 radical (unpaired) electrons. The Morgan fingerprint density at radius 3 is 2.96 bits per heavy atom. The largest absolute Gasteiger partial charge is 0.372 e. The molecule has 3 rings (SSSR count). The van der Waals surface area contributed by atoms with E-state index in [2.05, 4.69) is 9.97 Å². The molecule has 3 heterocycles. The second-order valence-electron chi connectivity index (χ2n) is 5.88. The molecule has 0 bridgehead atoms. The number of aryl methyl sites for hydroxylation is 1. The zero-order valence-electron chi connectivity index (χ0n) is 13.3. The molecule has 2 aromatic heterocycles. The third kappa shape index (κ3) is 3.93. The molecule has 0 aromatic carbocycles. The van der Waals surface area contributed by atoms with Crippen molar-refractivity contribution in [1.82, 2.24) is 14.9 Å². The topological polar surface area (TPSA) is 55.3 Å². The van der Waals surface area contributed by atoms with E-state index in [1.807, 2.05) is 36.2 Å². The van der Waals surface area contributed by atoms with Crippen LogP contribution in [0.4, 0.5) is 0 Å². The van der Waals surface area contributed by atoms with Gasteiger partial charge < -0.3 is 9.64 Å². The molecule has 0 N–H and O–H groups in total. The highest BCUT2D eigenvalue weighted by Gasteiger charge is 2.25. The Labute approximate surface area is 136 Å². The van der Waals surface area contributed by atoms with Gasteiger partial charge in [0.1, 0.15) is 0 Å². The molecular weight excluding hydrogens is 290 g/mol. The minimum Gasteiger partial charge on any atom is -0.372 e. The molecule has 5 heteroatoms. The van der Waals surface area contributed by atoms with Crippen molar-refractivity contribution >= 4 is 5.91 Å². The van der Waals surface area contributed by atoms with Crippen molar-refractivity contribution in [3.8, 4) is 0 Å². The van der Waals surface area contributed by atoms with Gasteiger partial charge in [0.2, 0.25) is 0 Å². The maximum Gasteiger partial charge on any atom is 0.255 e. The number of ether oxygens (including phenoxy) is 1. The van der Waals surface area contributed by atoms with Gasteiger partial charge in [-0.3, -0.25) is 14.8 Å². The van der Waals surface area contributed by atoms with E-state index in [-0.39, 0.29) is 12.0 Å². The lowest BCUT2D eigenvalue weighted by Gasteiger charge is -2.33. The van der Waals surface area contributed by atoms with Crippen LogP contribution in [-0.2, 0) is 11.3 Å². The first kappa shape index (κ1) is 15.6. The number of nitrogens with zero attached hydrogens (tertiary/aromatic N) is 3. The quantitative estimate of drug-likeness (QED) is 0.871. The Hall–Kier alpha value is -2.27. The fourth-order valence-electron chi connectivity index (χ4n) is 2.81. The number of hydrogen-bond acceptors (Lipinski definition) is 4. The normalized spacial score (nSPS) is 18.0. The van der Waals surface area contributed by atoms with Crippen molar-refractivity contribution in [3.05, 3.63) is 59.7 Å². The van der Waals surface area contributed by atoms with E-state index in [0.29, 0.717) is 18.7 Å². The summed E-state index contributed by atoms with van der Waals surface area (Å²) in [7, 11) is 0. The first-order chi connectivity index (χ1) is 11.2. The lowest BCUT2D eigenvalue weighted by atomic mass is 10.1. The van der Waals surface area contributed by atoms with Crippen LogP contribution < -0.4 is 0 Å². The fourth-order valence-corrected chi connectivity index (χ4v) is 2.81. The summed E-state index contributed by atoms with van der Waals surface area (Å²) >= 11 is 0. The summed E-state index contributed by atoms with van der Waals surface area (Å²) in [5.41, 5.74) is 2.70. The highest BCUT2D eigenvalue weighted by Crippen LogP contribution is 2.18. The van der Waals surface area contributed by atoms with Gasteiger partial charge in [-0.05, 0) is 43.0 Å². The van der Waals surface area contributed by atoms with Gasteiger partial charge in [-0.25, -0.2) is 0 Å². The molecule has 1 aliphatic rings. The standard InChI is InChI=1S/C18H21N3O2/c1-14-6-8-20-11-17(14)18(22)21-9-3-5-16(12-21)23-13-15-4-2-7-19-10-15/h2,4,6-8,10-11,16H,3,5,9,12-13H2,1H3. The third-order valence-corrected chi connectivity index (χ3v) is 4.14. The molecule has 5 nitrogen and oxygen atoms in total. The number of piperidine rings is 1. The Balaban J connectivity index is 1.60. The minimum absolute atomic E-state index is 0.0466. The summed E-state index contributed by atoms with van der Waals surface area (Å²) in [5, 5.41) is 0. The van der Waals surface area contributed by atoms with Gasteiger partial charge in [-0.2, -0.15) is 0 Å². The van der Waals surface area contributed by atoms with Crippen LogP contribution in [0, 0.1) is 6.92 Å². The van der Waals surface area contributed by atoms with Gasteiger partial charge >= 0.3 is 0 Å². The van der Waals surface area contributed by atoms with Crippen molar-refractivity contribution in [2.45, 2.75) is 32.5 Å². The summed E-state index contributed by atoms with van der Waals surface area (Å²) in [5.74, 6) is 0.0466. The maximum absolute atomic E-state index is 12.7. The van der Waals surface area contributed by atoms with Crippen LogP contribution in [0.2, 0.25) is 0 Å². The summed E-state index contributed by atoms with van der Waals surface area (Å²) in [6, 6.07) is 5.77. The lowest BCUT2D eigenvalue weighted by molar-refractivity contribution is -0.00684. The summed E-state index contributed by atoms with van der Waals surface area (Å²) in [4.78, 5) is 22.7. The summed E-state index contributed by atoms with van der Waals surface area (Å²) in [6.07, 6.45) is 8.94. The van der Waals surface area contributed by atoms with Crippen LogP contribution in [0.1, 0.15) is 34.3 Å². The number of aromatic nitrogens is 2. The van der Waals surface area contributed by atoms with Crippen molar-refractivity contribution in [3.63, 3.8) is 0 Å². The molecular formula is C18H21N3O2. The van der Waals surface area contributed by atoms with Gasteiger partial charge in [0, 0.05) is 37.9 Å². The number of carbonyl (C=O) groups is 1. The number of likely N-dealkylation sites (tertiary alicyclic amines) is 1. The smallest absolute Gasteiger partial charge is 0.255 e. The van der Waals surface area contributed by atoms with Gasteiger partial charge in [-0.1, -0.05) is 6.07 Å². The van der Waals surface area contributed by atoms with Gasteiger partial charge in [0.05, 0.1) is 18.3 Å². The minimum atomic E-state index is 0.0466. The summed E-state index contributed by atoms with van der Waals surface area (Å²) < 4.78 is 5.97. The van der Waals surface area contributed by atoms with Gasteiger partial charge in [0.25, 0.3) is 5.91 Å². The lowest BCUT2D eigenvalue weighted by Crippen LogP contribution is -2.43. The van der Waals surface area contributed by atoms with E-state index >= 15 is 0 Å². The predicted molar refractivity (Wildman–Crippen MR) is 86.9 cm³/mol. The van der Waals surface area contributed by atoms with Gasteiger partial charge in [-0.15, -0.1) is 0 Å². The van der Waals surface area contributed by atoms with Crippen molar-refractivity contribution < 1.29 is 9.53 Å². The molecule has 0 spiro atoms. The number of pyridine rings is 2. The average molecular weight is 311 g/mol. The molecule has 1 saturated heterocycles. The number of hydrogen-bond donors (Lipinski definition) is 0. The SMILES string of the molecule is Cc1ccncc1C(=O)N1CCCC(OCc2cccnc2)C1.